The Hall–Kier alpha value is -0.910. The number of rotatable bonds is 12. The molecule has 1 rings (SSSR count). The van der Waals surface area contributed by atoms with Crippen LogP contribution >= 0.6 is 0 Å². The molecule has 1 fully saturated rings. The van der Waals surface area contributed by atoms with E-state index in [1.54, 1.807) is 13.0 Å². The molecule has 1 aliphatic rings. The normalized spacial score (nSPS) is 27.7. The van der Waals surface area contributed by atoms with Crippen molar-refractivity contribution in [3.8, 4) is 0 Å². The summed E-state index contributed by atoms with van der Waals surface area (Å²) in [6, 6.07) is 0. The monoisotopic (exact) mass is 356 g/mol. The first-order valence-electron chi connectivity index (χ1n) is 9.87. The summed E-state index contributed by atoms with van der Waals surface area (Å²) >= 11 is 0. The molecule has 0 aromatic heterocycles. The minimum atomic E-state index is -0.566. The maximum absolute atomic E-state index is 11.4. The van der Waals surface area contributed by atoms with Gasteiger partial charge in [-0.1, -0.05) is 44.8 Å². The summed E-state index contributed by atoms with van der Waals surface area (Å²) in [5.74, 6) is -0.323. The number of esters is 1. The van der Waals surface area contributed by atoms with E-state index in [-0.39, 0.29) is 17.8 Å². The summed E-state index contributed by atoms with van der Waals surface area (Å²) in [5, 5.41) is 30.4. The molecule has 5 atom stereocenters. The summed E-state index contributed by atoms with van der Waals surface area (Å²) in [7, 11) is 0. The van der Waals surface area contributed by atoms with Gasteiger partial charge in [-0.05, 0) is 32.1 Å². The predicted octanol–water partition coefficient (Wildman–Crippen LogP) is 2.97. The molecule has 5 nitrogen and oxygen atoms in total. The van der Waals surface area contributed by atoms with Crippen LogP contribution in [-0.2, 0) is 9.53 Å². The molecule has 0 unspecified atom stereocenters. The fraction of sp³-hybridized carbons (Fsp3) is 0.850. The Morgan fingerprint density at radius 2 is 1.92 bits per heavy atom. The van der Waals surface area contributed by atoms with Gasteiger partial charge in [0.05, 0.1) is 24.9 Å². The van der Waals surface area contributed by atoms with Crippen LogP contribution in [0.1, 0.15) is 71.6 Å². The fourth-order valence-electron chi connectivity index (χ4n) is 3.62. The van der Waals surface area contributed by atoms with Gasteiger partial charge in [0.1, 0.15) is 0 Å². The summed E-state index contributed by atoms with van der Waals surface area (Å²) < 4.78 is 4.91. The molecule has 5 heteroatoms. The van der Waals surface area contributed by atoms with Crippen LogP contribution < -0.4 is 0 Å². The fourth-order valence-corrected chi connectivity index (χ4v) is 3.62. The van der Waals surface area contributed by atoms with Crippen LogP contribution in [0.15, 0.2) is 12.2 Å². The van der Waals surface area contributed by atoms with E-state index in [1.165, 1.54) is 0 Å². The van der Waals surface area contributed by atoms with Crippen molar-refractivity contribution in [1.29, 1.82) is 0 Å². The topological polar surface area (TPSA) is 87.0 Å². The minimum Gasteiger partial charge on any atom is -0.466 e. The van der Waals surface area contributed by atoms with Gasteiger partial charge in [0, 0.05) is 18.8 Å². The van der Waals surface area contributed by atoms with Crippen LogP contribution in [0.4, 0.5) is 0 Å². The highest BCUT2D eigenvalue weighted by Gasteiger charge is 2.39. The molecule has 146 valence electrons. The Balaban J connectivity index is 2.43. The van der Waals surface area contributed by atoms with E-state index in [1.807, 2.05) is 6.08 Å². The smallest absolute Gasteiger partial charge is 0.305 e. The van der Waals surface area contributed by atoms with E-state index in [0.29, 0.717) is 19.4 Å². The second-order valence-electron chi connectivity index (χ2n) is 7.11. The van der Waals surface area contributed by atoms with Gasteiger partial charge in [0.15, 0.2) is 0 Å². The van der Waals surface area contributed by atoms with E-state index in [2.05, 4.69) is 6.92 Å². The zero-order valence-corrected chi connectivity index (χ0v) is 15.8. The molecular weight excluding hydrogens is 320 g/mol. The SMILES string of the molecule is CCCCC[C@H](O)/C=C/[C@@H]1[C@H](CCCCC(=O)OCC)[C@@H](O)C[C@H]1O. The predicted molar refractivity (Wildman–Crippen MR) is 98.0 cm³/mol. The summed E-state index contributed by atoms with van der Waals surface area (Å²) in [4.78, 5) is 11.4. The molecule has 0 bridgehead atoms. The number of carbonyl (C=O) groups is 1. The van der Waals surface area contributed by atoms with Crippen LogP contribution in [0, 0.1) is 11.8 Å². The molecule has 0 radical (unpaired) electrons. The van der Waals surface area contributed by atoms with Gasteiger partial charge in [-0.25, -0.2) is 0 Å². The van der Waals surface area contributed by atoms with Crippen LogP contribution in [0.3, 0.4) is 0 Å². The molecule has 3 N–H and O–H groups in total. The molecule has 0 amide bonds. The lowest BCUT2D eigenvalue weighted by Gasteiger charge is -2.21. The number of unbranched alkanes of at least 4 members (excludes halogenated alkanes) is 3. The van der Waals surface area contributed by atoms with Gasteiger partial charge in [0.2, 0.25) is 0 Å². The highest BCUT2D eigenvalue weighted by molar-refractivity contribution is 5.69. The second-order valence-corrected chi connectivity index (χ2v) is 7.11. The van der Waals surface area contributed by atoms with Gasteiger partial charge >= 0.3 is 5.97 Å². The van der Waals surface area contributed by atoms with Crippen molar-refractivity contribution < 1.29 is 24.9 Å². The van der Waals surface area contributed by atoms with Crippen LogP contribution in [0.2, 0.25) is 0 Å². The van der Waals surface area contributed by atoms with Gasteiger partial charge in [-0.3, -0.25) is 4.79 Å². The second kappa shape index (κ2) is 12.4. The third kappa shape index (κ3) is 8.34. The van der Waals surface area contributed by atoms with E-state index in [0.717, 1.165) is 44.9 Å². The van der Waals surface area contributed by atoms with Gasteiger partial charge in [-0.2, -0.15) is 0 Å². The van der Waals surface area contributed by atoms with E-state index in [4.69, 9.17) is 4.74 Å². The number of ether oxygens (including phenoxy) is 1. The quantitative estimate of drug-likeness (QED) is 0.284. The summed E-state index contributed by atoms with van der Waals surface area (Å²) in [5.41, 5.74) is 0. The maximum atomic E-state index is 11.4. The molecule has 0 aliphatic heterocycles. The van der Waals surface area contributed by atoms with Crippen molar-refractivity contribution in [2.24, 2.45) is 11.8 Å². The third-order valence-corrected chi connectivity index (χ3v) is 5.05. The summed E-state index contributed by atoms with van der Waals surface area (Å²) in [6.45, 7) is 4.33. The molecule has 0 aromatic rings. The van der Waals surface area contributed by atoms with Crippen molar-refractivity contribution in [1.82, 2.24) is 0 Å². The van der Waals surface area contributed by atoms with Crippen LogP contribution in [0.25, 0.3) is 0 Å². The summed E-state index contributed by atoms with van der Waals surface area (Å²) in [6.07, 6.45) is 9.13. The standard InChI is InChI=1S/C20H36O5/c1-3-5-6-9-15(21)12-13-17-16(18(22)14-19(17)23)10-7-8-11-20(24)25-4-2/h12-13,15-19,21-23H,3-11,14H2,1-2H3/b13-12+/t15-,16-,17+,18-,19+/m0/s1. The highest BCUT2D eigenvalue weighted by atomic mass is 16.5. The molecule has 0 heterocycles. The first-order valence-corrected chi connectivity index (χ1v) is 9.87. The zero-order valence-electron chi connectivity index (χ0n) is 15.8. The van der Waals surface area contributed by atoms with Crippen molar-refractivity contribution in [3.63, 3.8) is 0 Å². The van der Waals surface area contributed by atoms with Crippen molar-refractivity contribution >= 4 is 5.97 Å². The molecular formula is C20H36O5. The number of hydrogen-bond donors (Lipinski definition) is 3. The zero-order chi connectivity index (χ0) is 18.7. The molecule has 25 heavy (non-hydrogen) atoms. The molecule has 1 aliphatic carbocycles. The van der Waals surface area contributed by atoms with Gasteiger partial charge < -0.3 is 20.1 Å². The Kier molecular flexibility index (Phi) is 11.0. The first kappa shape index (κ1) is 22.1. The highest BCUT2D eigenvalue weighted by Crippen LogP contribution is 2.37. The van der Waals surface area contributed by atoms with Crippen LogP contribution in [-0.4, -0.2) is 46.2 Å². The average molecular weight is 357 g/mol. The number of aliphatic hydroxyl groups excluding tert-OH is 3. The Bertz CT molecular complexity index is 396. The Morgan fingerprint density at radius 3 is 2.60 bits per heavy atom. The lowest BCUT2D eigenvalue weighted by Crippen LogP contribution is -2.21. The van der Waals surface area contributed by atoms with Crippen LogP contribution in [0.5, 0.6) is 0 Å². The molecule has 0 saturated heterocycles. The van der Waals surface area contributed by atoms with Gasteiger partial charge in [0.25, 0.3) is 0 Å². The molecule has 1 saturated carbocycles. The average Bonchev–Trinajstić information content (AvgIpc) is 2.83. The Morgan fingerprint density at radius 1 is 1.16 bits per heavy atom. The molecule has 0 spiro atoms. The van der Waals surface area contributed by atoms with Crippen molar-refractivity contribution in [2.45, 2.75) is 89.9 Å². The third-order valence-electron chi connectivity index (χ3n) is 5.05. The van der Waals surface area contributed by atoms with Gasteiger partial charge in [-0.15, -0.1) is 0 Å². The maximum Gasteiger partial charge on any atom is 0.305 e. The number of carbonyl (C=O) groups excluding carboxylic acids is 1. The van der Waals surface area contributed by atoms with E-state index >= 15 is 0 Å². The lowest BCUT2D eigenvalue weighted by atomic mass is 9.88. The number of aliphatic hydroxyl groups is 3. The number of hydrogen-bond acceptors (Lipinski definition) is 5. The van der Waals surface area contributed by atoms with E-state index < -0.39 is 18.3 Å². The molecule has 0 aromatic carbocycles. The first-order chi connectivity index (χ1) is 12.0. The lowest BCUT2D eigenvalue weighted by molar-refractivity contribution is -0.143. The minimum absolute atomic E-state index is 0.0173. The Labute approximate surface area is 152 Å². The largest absolute Gasteiger partial charge is 0.466 e. The van der Waals surface area contributed by atoms with E-state index in [9.17, 15) is 20.1 Å². The van der Waals surface area contributed by atoms with Crippen molar-refractivity contribution in [2.75, 3.05) is 6.61 Å². The van der Waals surface area contributed by atoms with Crippen molar-refractivity contribution in [3.05, 3.63) is 12.2 Å².